The number of anilines is 1. The molecule has 3 nitrogen and oxygen atoms in total. The average molecular weight is 205 g/mol. The van der Waals surface area contributed by atoms with Gasteiger partial charge in [-0.1, -0.05) is 0 Å². The number of aromatic nitrogens is 1. The molecule has 0 radical (unpaired) electrons. The van der Waals surface area contributed by atoms with Gasteiger partial charge in [-0.3, -0.25) is 0 Å². The molecule has 3 heteroatoms. The first kappa shape index (κ1) is 10.4. The lowest BCUT2D eigenvalue weighted by molar-refractivity contribution is 0.645. The molecule has 1 aliphatic rings. The normalized spacial score (nSPS) is 15.5. The molecule has 0 aromatic carbocycles. The summed E-state index contributed by atoms with van der Waals surface area (Å²) in [6.45, 7) is 3.19. The van der Waals surface area contributed by atoms with Gasteiger partial charge in [0, 0.05) is 12.2 Å². The molecular weight excluding hydrogens is 186 g/mol. The number of hydrogen-bond donors (Lipinski definition) is 2. The quantitative estimate of drug-likeness (QED) is 0.719. The zero-order chi connectivity index (χ0) is 10.7. The van der Waals surface area contributed by atoms with Gasteiger partial charge in [0.15, 0.2) is 0 Å². The van der Waals surface area contributed by atoms with Crippen LogP contribution in [-0.4, -0.2) is 17.6 Å². The van der Waals surface area contributed by atoms with E-state index in [0.717, 1.165) is 25.4 Å². The van der Waals surface area contributed by atoms with Gasteiger partial charge in [-0.05, 0) is 56.3 Å². The number of nitrogens with zero attached hydrogens (tertiary/aromatic N) is 1. The molecule has 1 saturated carbocycles. The molecule has 0 saturated heterocycles. The lowest BCUT2D eigenvalue weighted by atomic mass is 10.1. The Morgan fingerprint density at radius 1 is 1.53 bits per heavy atom. The Balaban J connectivity index is 1.80. The number of hydrogen-bond acceptors (Lipinski definition) is 3. The standard InChI is InChI=1S/C12H19N3/c1-9-6-8-15-12(13)11(9)3-2-7-14-10-4-5-10/h6,8,10,14H,2-5,7H2,1H3,(H2,13,15). The maximum absolute atomic E-state index is 5.84. The number of nitrogens with one attached hydrogen (secondary N) is 1. The zero-order valence-electron chi connectivity index (χ0n) is 9.29. The fourth-order valence-corrected chi connectivity index (χ4v) is 1.79. The van der Waals surface area contributed by atoms with E-state index in [0.29, 0.717) is 5.82 Å². The first-order chi connectivity index (χ1) is 7.27. The third kappa shape index (κ3) is 2.93. The first-order valence-corrected chi connectivity index (χ1v) is 5.70. The first-order valence-electron chi connectivity index (χ1n) is 5.70. The number of rotatable bonds is 5. The van der Waals surface area contributed by atoms with Crippen molar-refractivity contribution in [2.75, 3.05) is 12.3 Å². The molecule has 0 unspecified atom stereocenters. The van der Waals surface area contributed by atoms with Gasteiger partial charge >= 0.3 is 0 Å². The van der Waals surface area contributed by atoms with Gasteiger partial charge in [-0.2, -0.15) is 0 Å². The van der Waals surface area contributed by atoms with Gasteiger partial charge < -0.3 is 11.1 Å². The predicted molar refractivity (Wildman–Crippen MR) is 62.7 cm³/mol. The molecule has 0 aliphatic heterocycles. The summed E-state index contributed by atoms with van der Waals surface area (Å²) < 4.78 is 0. The number of pyridine rings is 1. The van der Waals surface area contributed by atoms with Crippen molar-refractivity contribution in [3.63, 3.8) is 0 Å². The van der Waals surface area contributed by atoms with Crippen molar-refractivity contribution in [3.05, 3.63) is 23.4 Å². The van der Waals surface area contributed by atoms with Gasteiger partial charge in [-0.15, -0.1) is 0 Å². The SMILES string of the molecule is Cc1ccnc(N)c1CCCNC1CC1. The summed E-state index contributed by atoms with van der Waals surface area (Å²) in [6, 6.07) is 2.83. The van der Waals surface area contributed by atoms with Crippen LogP contribution in [0, 0.1) is 6.92 Å². The molecular formula is C12H19N3. The van der Waals surface area contributed by atoms with E-state index in [-0.39, 0.29) is 0 Å². The number of nitrogens with two attached hydrogens (primary N) is 1. The van der Waals surface area contributed by atoms with Crippen molar-refractivity contribution in [2.45, 2.75) is 38.6 Å². The monoisotopic (exact) mass is 205 g/mol. The molecule has 0 bridgehead atoms. The van der Waals surface area contributed by atoms with Crippen molar-refractivity contribution in [1.29, 1.82) is 0 Å². The highest BCUT2D eigenvalue weighted by atomic mass is 14.9. The van der Waals surface area contributed by atoms with E-state index >= 15 is 0 Å². The molecule has 0 spiro atoms. The summed E-state index contributed by atoms with van der Waals surface area (Å²) in [5.41, 5.74) is 8.32. The van der Waals surface area contributed by atoms with Crippen LogP contribution >= 0.6 is 0 Å². The Morgan fingerprint density at radius 2 is 2.33 bits per heavy atom. The average Bonchev–Trinajstić information content (AvgIpc) is 3.00. The Kier molecular flexibility index (Phi) is 3.21. The van der Waals surface area contributed by atoms with Gasteiger partial charge in [0.25, 0.3) is 0 Å². The van der Waals surface area contributed by atoms with Gasteiger partial charge in [0.1, 0.15) is 5.82 Å². The van der Waals surface area contributed by atoms with Crippen LogP contribution in [0.25, 0.3) is 0 Å². The lowest BCUT2D eigenvalue weighted by Gasteiger charge is -2.08. The van der Waals surface area contributed by atoms with Crippen LogP contribution in [-0.2, 0) is 6.42 Å². The lowest BCUT2D eigenvalue weighted by Crippen LogP contribution is -2.18. The minimum Gasteiger partial charge on any atom is -0.383 e. The Hall–Kier alpha value is -1.09. The molecule has 0 atom stereocenters. The van der Waals surface area contributed by atoms with E-state index in [9.17, 15) is 0 Å². The fraction of sp³-hybridized carbons (Fsp3) is 0.583. The van der Waals surface area contributed by atoms with E-state index in [1.807, 2.05) is 6.07 Å². The molecule has 1 heterocycles. The van der Waals surface area contributed by atoms with Crippen LogP contribution in [0.5, 0.6) is 0 Å². The molecule has 15 heavy (non-hydrogen) atoms. The minimum atomic E-state index is 0.696. The van der Waals surface area contributed by atoms with E-state index in [1.165, 1.54) is 24.0 Å². The van der Waals surface area contributed by atoms with Gasteiger partial charge in [-0.25, -0.2) is 4.98 Å². The zero-order valence-corrected chi connectivity index (χ0v) is 9.29. The van der Waals surface area contributed by atoms with Crippen molar-refractivity contribution >= 4 is 5.82 Å². The van der Waals surface area contributed by atoms with Crippen molar-refractivity contribution in [3.8, 4) is 0 Å². The van der Waals surface area contributed by atoms with E-state index < -0.39 is 0 Å². The summed E-state index contributed by atoms with van der Waals surface area (Å²) in [6.07, 6.45) is 6.66. The minimum absolute atomic E-state index is 0.696. The van der Waals surface area contributed by atoms with Crippen LogP contribution < -0.4 is 11.1 Å². The molecule has 2 rings (SSSR count). The predicted octanol–water partition coefficient (Wildman–Crippen LogP) is 1.66. The molecule has 1 aromatic rings. The molecule has 1 fully saturated rings. The molecule has 3 N–H and O–H groups in total. The Bertz CT molecular complexity index is 311. The fourth-order valence-electron chi connectivity index (χ4n) is 1.79. The maximum Gasteiger partial charge on any atom is 0.126 e. The second-order valence-electron chi connectivity index (χ2n) is 4.32. The van der Waals surface area contributed by atoms with Crippen LogP contribution in [0.2, 0.25) is 0 Å². The van der Waals surface area contributed by atoms with Crippen LogP contribution in [0.15, 0.2) is 12.3 Å². The second-order valence-corrected chi connectivity index (χ2v) is 4.32. The van der Waals surface area contributed by atoms with E-state index in [1.54, 1.807) is 6.20 Å². The Morgan fingerprint density at radius 3 is 3.00 bits per heavy atom. The Labute approximate surface area is 91.1 Å². The van der Waals surface area contributed by atoms with Crippen molar-refractivity contribution < 1.29 is 0 Å². The number of aryl methyl sites for hydroxylation is 1. The number of nitrogen functional groups attached to an aromatic ring is 1. The summed E-state index contributed by atoms with van der Waals surface area (Å²) >= 11 is 0. The smallest absolute Gasteiger partial charge is 0.126 e. The summed E-state index contributed by atoms with van der Waals surface area (Å²) in [7, 11) is 0. The maximum atomic E-state index is 5.84. The third-order valence-corrected chi connectivity index (χ3v) is 2.94. The molecule has 82 valence electrons. The third-order valence-electron chi connectivity index (χ3n) is 2.94. The largest absolute Gasteiger partial charge is 0.383 e. The van der Waals surface area contributed by atoms with Crippen molar-refractivity contribution in [2.24, 2.45) is 0 Å². The topological polar surface area (TPSA) is 50.9 Å². The molecule has 1 aromatic heterocycles. The second kappa shape index (κ2) is 4.62. The molecule has 1 aliphatic carbocycles. The highest BCUT2D eigenvalue weighted by Gasteiger charge is 2.19. The van der Waals surface area contributed by atoms with Crippen LogP contribution in [0.4, 0.5) is 5.82 Å². The van der Waals surface area contributed by atoms with E-state index in [2.05, 4.69) is 17.2 Å². The highest BCUT2D eigenvalue weighted by Crippen LogP contribution is 2.19. The summed E-state index contributed by atoms with van der Waals surface area (Å²) in [5.74, 6) is 0.696. The van der Waals surface area contributed by atoms with Gasteiger partial charge in [0.2, 0.25) is 0 Å². The van der Waals surface area contributed by atoms with Crippen LogP contribution in [0.3, 0.4) is 0 Å². The van der Waals surface area contributed by atoms with Crippen LogP contribution in [0.1, 0.15) is 30.4 Å². The summed E-state index contributed by atoms with van der Waals surface area (Å²) in [5, 5.41) is 3.50. The molecule has 0 amide bonds. The van der Waals surface area contributed by atoms with E-state index in [4.69, 9.17) is 5.73 Å². The highest BCUT2D eigenvalue weighted by molar-refractivity contribution is 5.43. The van der Waals surface area contributed by atoms with Crippen molar-refractivity contribution in [1.82, 2.24) is 10.3 Å². The summed E-state index contributed by atoms with van der Waals surface area (Å²) in [4.78, 5) is 4.12. The van der Waals surface area contributed by atoms with Gasteiger partial charge in [0.05, 0.1) is 0 Å².